The van der Waals surface area contributed by atoms with Gasteiger partial charge in [0.1, 0.15) is 0 Å². The minimum Gasteiger partial charge on any atom is -0.317 e. The fourth-order valence-corrected chi connectivity index (χ4v) is 2.72. The summed E-state index contributed by atoms with van der Waals surface area (Å²) in [4.78, 5) is 5.20. The first-order chi connectivity index (χ1) is 8.17. The zero-order valence-electron chi connectivity index (χ0n) is 12.2. The number of nitrogens with zero attached hydrogens (tertiary/aromatic N) is 2. The third-order valence-electron chi connectivity index (χ3n) is 4.07. The molecule has 1 saturated heterocycles. The fourth-order valence-electron chi connectivity index (χ4n) is 2.72. The van der Waals surface area contributed by atoms with E-state index in [0.29, 0.717) is 6.04 Å². The molecule has 1 N–H and O–H groups in total. The van der Waals surface area contributed by atoms with Gasteiger partial charge in [0.05, 0.1) is 0 Å². The monoisotopic (exact) mass is 241 g/mol. The van der Waals surface area contributed by atoms with E-state index >= 15 is 0 Å². The zero-order chi connectivity index (χ0) is 12.7. The second-order valence-corrected chi connectivity index (χ2v) is 5.55. The van der Waals surface area contributed by atoms with Gasteiger partial charge in [0.15, 0.2) is 0 Å². The van der Waals surface area contributed by atoms with Crippen LogP contribution in [0.25, 0.3) is 0 Å². The van der Waals surface area contributed by atoms with Crippen LogP contribution in [0.15, 0.2) is 0 Å². The average molecular weight is 241 g/mol. The lowest BCUT2D eigenvalue weighted by Gasteiger charge is -2.30. The summed E-state index contributed by atoms with van der Waals surface area (Å²) in [6.45, 7) is 9.67. The van der Waals surface area contributed by atoms with Crippen molar-refractivity contribution in [2.45, 2.75) is 51.6 Å². The molecular weight excluding hydrogens is 210 g/mol. The van der Waals surface area contributed by atoms with E-state index in [-0.39, 0.29) is 0 Å². The molecule has 1 rings (SSSR count). The number of hydrogen-bond acceptors (Lipinski definition) is 3. The van der Waals surface area contributed by atoms with E-state index in [1.807, 2.05) is 0 Å². The quantitative estimate of drug-likeness (QED) is 0.765. The Bertz CT molecular complexity index is 196. The average Bonchev–Trinajstić information content (AvgIpc) is 2.50. The number of hydrogen-bond donors (Lipinski definition) is 1. The highest BCUT2D eigenvalue weighted by molar-refractivity contribution is 4.78. The van der Waals surface area contributed by atoms with Crippen molar-refractivity contribution in [2.24, 2.45) is 0 Å². The minimum absolute atomic E-state index is 0.657. The van der Waals surface area contributed by atoms with E-state index < -0.39 is 0 Å². The van der Waals surface area contributed by atoms with Gasteiger partial charge in [0.25, 0.3) is 0 Å². The van der Waals surface area contributed by atoms with Crippen molar-refractivity contribution >= 4 is 0 Å². The standard InChI is InChI=1S/C14H31N3/c1-5-14-12-16(4)9-7-11-17(14)10-6-8-13(2)15-3/h13-15H,5-12H2,1-4H3. The summed E-state index contributed by atoms with van der Waals surface area (Å²) < 4.78 is 0. The molecule has 0 bridgehead atoms. The molecule has 3 heteroatoms. The predicted octanol–water partition coefficient (Wildman–Crippen LogP) is 1.79. The van der Waals surface area contributed by atoms with E-state index in [1.165, 1.54) is 51.9 Å². The third-order valence-corrected chi connectivity index (χ3v) is 4.07. The molecule has 0 aromatic rings. The highest BCUT2D eigenvalue weighted by atomic mass is 15.2. The molecule has 1 aliphatic rings. The van der Waals surface area contributed by atoms with Crippen LogP contribution in [0.2, 0.25) is 0 Å². The number of nitrogens with one attached hydrogen (secondary N) is 1. The predicted molar refractivity (Wildman–Crippen MR) is 75.5 cm³/mol. The molecule has 1 aliphatic heterocycles. The Balaban J connectivity index is 2.33. The summed E-state index contributed by atoms with van der Waals surface area (Å²) in [7, 11) is 4.32. The maximum Gasteiger partial charge on any atom is 0.0220 e. The van der Waals surface area contributed by atoms with E-state index in [1.54, 1.807) is 0 Å². The smallest absolute Gasteiger partial charge is 0.0220 e. The molecule has 0 aliphatic carbocycles. The summed E-state index contributed by atoms with van der Waals surface area (Å²) in [6, 6.07) is 1.43. The first kappa shape index (κ1) is 14.9. The molecule has 0 saturated carbocycles. The Morgan fingerprint density at radius 2 is 2.12 bits per heavy atom. The molecule has 1 fully saturated rings. The van der Waals surface area contributed by atoms with Crippen molar-refractivity contribution in [3.8, 4) is 0 Å². The van der Waals surface area contributed by atoms with Gasteiger partial charge in [-0.15, -0.1) is 0 Å². The topological polar surface area (TPSA) is 18.5 Å². The second kappa shape index (κ2) is 8.06. The third kappa shape index (κ3) is 5.36. The van der Waals surface area contributed by atoms with Gasteiger partial charge in [-0.05, 0) is 66.3 Å². The van der Waals surface area contributed by atoms with Gasteiger partial charge in [-0.1, -0.05) is 6.92 Å². The molecule has 0 spiro atoms. The largest absolute Gasteiger partial charge is 0.317 e. The maximum atomic E-state index is 3.32. The van der Waals surface area contributed by atoms with Crippen LogP contribution < -0.4 is 5.32 Å². The summed E-state index contributed by atoms with van der Waals surface area (Å²) in [5.74, 6) is 0. The van der Waals surface area contributed by atoms with Crippen molar-refractivity contribution in [1.29, 1.82) is 0 Å². The molecule has 1 heterocycles. The first-order valence-corrected chi connectivity index (χ1v) is 7.27. The van der Waals surface area contributed by atoms with Crippen molar-refractivity contribution in [2.75, 3.05) is 40.3 Å². The SMILES string of the molecule is CCC1CN(C)CCCN1CCCC(C)NC. The lowest BCUT2D eigenvalue weighted by Crippen LogP contribution is -2.40. The summed E-state index contributed by atoms with van der Waals surface area (Å²) in [5.41, 5.74) is 0. The second-order valence-electron chi connectivity index (χ2n) is 5.55. The van der Waals surface area contributed by atoms with Crippen LogP contribution in [0.4, 0.5) is 0 Å². The Labute approximate surface area is 108 Å². The lowest BCUT2D eigenvalue weighted by molar-refractivity contribution is 0.179. The molecule has 2 unspecified atom stereocenters. The minimum atomic E-state index is 0.657. The Kier molecular flexibility index (Phi) is 7.09. The molecule has 0 radical (unpaired) electrons. The highest BCUT2D eigenvalue weighted by Crippen LogP contribution is 2.13. The number of rotatable bonds is 6. The molecule has 3 nitrogen and oxygen atoms in total. The van der Waals surface area contributed by atoms with Gasteiger partial charge < -0.3 is 10.2 Å². The maximum absolute atomic E-state index is 3.32. The van der Waals surface area contributed by atoms with E-state index in [9.17, 15) is 0 Å². The van der Waals surface area contributed by atoms with Crippen LogP contribution >= 0.6 is 0 Å². The highest BCUT2D eigenvalue weighted by Gasteiger charge is 2.21. The van der Waals surface area contributed by atoms with Crippen molar-refractivity contribution < 1.29 is 0 Å². The summed E-state index contributed by atoms with van der Waals surface area (Å²) in [5, 5.41) is 3.32. The first-order valence-electron chi connectivity index (χ1n) is 7.27. The van der Waals surface area contributed by atoms with Crippen molar-refractivity contribution in [3.05, 3.63) is 0 Å². The molecule has 0 aromatic heterocycles. The normalized spacial score (nSPS) is 25.8. The van der Waals surface area contributed by atoms with E-state index in [4.69, 9.17) is 0 Å². The van der Waals surface area contributed by atoms with Crippen LogP contribution in [0, 0.1) is 0 Å². The molecule has 0 amide bonds. The summed E-state index contributed by atoms with van der Waals surface area (Å²) >= 11 is 0. The molecule has 17 heavy (non-hydrogen) atoms. The van der Waals surface area contributed by atoms with Gasteiger partial charge in [0.2, 0.25) is 0 Å². The summed E-state index contributed by atoms with van der Waals surface area (Å²) in [6.07, 6.45) is 5.22. The van der Waals surface area contributed by atoms with Crippen LogP contribution in [0.3, 0.4) is 0 Å². The van der Waals surface area contributed by atoms with Gasteiger partial charge >= 0.3 is 0 Å². The molecular formula is C14H31N3. The Hall–Kier alpha value is -0.120. The van der Waals surface area contributed by atoms with Crippen molar-refractivity contribution in [1.82, 2.24) is 15.1 Å². The van der Waals surface area contributed by atoms with Gasteiger partial charge in [-0.2, -0.15) is 0 Å². The van der Waals surface area contributed by atoms with Crippen LogP contribution in [-0.4, -0.2) is 62.2 Å². The zero-order valence-corrected chi connectivity index (χ0v) is 12.2. The van der Waals surface area contributed by atoms with Gasteiger partial charge in [-0.25, -0.2) is 0 Å². The molecule has 102 valence electrons. The number of likely N-dealkylation sites (N-methyl/N-ethyl adjacent to an activating group) is 1. The van der Waals surface area contributed by atoms with Crippen LogP contribution in [0.5, 0.6) is 0 Å². The van der Waals surface area contributed by atoms with Gasteiger partial charge in [-0.3, -0.25) is 4.90 Å². The van der Waals surface area contributed by atoms with Crippen LogP contribution in [0.1, 0.15) is 39.5 Å². The Morgan fingerprint density at radius 3 is 2.76 bits per heavy atom. The van der Waals surface area contributed by atoms with Crippen LogP contribution in [-0.2, 0) is 0 Å². The van der Waals surface area contributed by atoms with Gasteiger partial charge in [0, 0.05) is 18.6 Å². The fraction of sp³-hybridized carbons (Fsp3) is 1.00. The van der Waals surface area contributed by atoms with E-state index in [0.717, 1.165) is 6.04 Å². The lowest BCUT2D eigenvalue weighted by atomic mass is 10.1. The molecule has 0 aromatic carbocycles. The van der Waals surface area contributed by atoms with E-state index in [2.05, 4.69) is 43.1 Å². The molecule has 2 atom stereocenters. The Morgan fingerprint density at radius 1 is 1.35 bits per heavy atom. The van der Waals surface area contributed by atoms with Crippen molar-refractivity contribution in [3.63, 3.8) is 0 Å².